The zero-order valence-corrected chi connectivity index (χ0v) is 16.0. The van der Waals surface area contributed by atoms with Crippen LogP contribution in [-0.4, -0.2) is 47.0 Å². The van der Waals surface area contributed by atoms with Crippen molar-refractivity contribution in [2.24, 2.45) is 24.6 Å². The summed E-state index contributed by atoms with van der Waals surface area (Å²) in [7, 11) is -1.41. The van der Waals surface area contributed by atoms with Gasteiger partial charge in [0.2, 0.25) is 5.91 Å². The number of carbonyl (C=O) groups is 1. The lowest BCUT2D eigenvalue weighted by Gasteiger charge is -2.44. The number of imidazole rings is 1. The molecule has 1 aliphatic heterocycles. The summed E-state index contributed by atoms with van der Waals surface area (Å²) in [5, 5.41) is 3.00. The van der Waals surface area contributed by atoms with Crippen molar-refractivity contribution in [1.82, 2.24) is 14.5 Å². The summed E-state index contributed by atoms with van der Waals surface area (Å²) in [5.41, 5.74) is 7.28. The van der Waals surface area contributed by atoms with Gasteiger partial charge in [-0.2, -0.15) is 0 Å². The Hall–Kier alpha value is -2.13. The van der Waals surface area contributed by atoms with E-state index in [1.165, 1.54) is 9.13 Å². The van der Waals surface area contributed by atoms with E-state index in [0.29, 0.717) is 18.4 Å². The minimum Gasteiger partial charge on any atom is -0.351 e. The van der Waals surface area contributed by atoms with Crippen molar-refractivity contribution in [2.45, 2.75) is 31.5 Å². The smallest absolute Gasteiger partial charge is 0.329 e. The van der Waals surface area contributed by atoms with Crippen LogP contribution in [0.15, 0.2) is 29.1 Å². The Bertz CT molecular complexity index is 1030. The molecule has 1 saturated carbocycles. The number of nitrogens with one attached hydrogen (secondary N) is 1. The number of hydrogen-bond acceptors (Lipinski definition) is 5. The van der Waals surface area contributed by atoms with Crippen LogP contribution in [0.2, 0.25) is 0 Å². The summed E-state index contributed by atoms with van der Waals surface area (Å²) in [6.07, 6.45) is 1.18. The second kappa shape index (κ2) is 6.49. The molecule has 8 nitrogen and oxygen atoms in total. The number of nitrogens with two attached hydrogens (primary N) is 1. The van der Waals surface area contributed by atoms with E-state index in [1.807, 2.05) is 24.3 Å². The first kappa shape index (κ1) is 18.2. The molecule has 3 N–H and O–H groups in total. The van der Waals surface area contributed by atoms with Gasteiger partial charge >= 0.3 is 5.69 Å². The first-order chi connectivity index (χ1) is 12.7. The monoisotopic (exact) mass is 392 g/mol. The number of aryl methyl sites for hydroxylation is 1. The van der Waals surface area contributed by atoms with Crippen molar-refractivity contribution in [1.29, 1.82) is 0 Å². The zero-order valence-electron chi connectivity index (χ0n) is 15.2. The number of rotatable bonds is 3. The van der Waals surface area contributed by atoms with Crippen molar-refractivity contribution >= 4 is 26.8 Å². The summed E-state index contributed by atoms with van der Waals surface area (Å²) < 4.78 is 27.1. The van der Waals surface area contributed by atoms with Crippen LogP contribution in [-0.2, 0) is 28.2 Å². The van der Waals surface area contributed by atoms with Gasteiger partial charge in [0.25, 0.3) is 0 Å². The highest BCUT2D eigenvalue weighted by atomic mass is 32.2. The first-order valence-electron chi connectivity index (χ1n) is 9.15. The fraction of sp³-hybridized carbons (Fsp3) is 0.556. The maximum absolute atomic E-state index is 12.7. The fourth-order valence-electron chi connectivity index (χ4n) is 4.74. The molecule has 146 valence electrons. The number of fused-ring (bicyclic) bond motifs is 3. The second-order valence-electron chi connectivity index (χ2n) is 7.84. The minimum absolute atomic E-state index is 0.0238. The number of benzene rings is 1. The third-order valence-electron chi connectivity index (χ3n) is 5.84. The van der Waals surface area contributed by atoms with Crippen LogP contribution in [0.1, 0.15) is 12.8 Å². The number of amides is 1. The van der Waals surface area contributed by atoms with Gasteiger partial charge < -0.3 is 11.1 Å². The molecule has 2 aromatic rings. The lowest BCUT2D eigenvalue weighted by atomic mass is 9.75. The Kier molecular flexibility index (Phi) is 4.38. The molecule has 1 aliphatic carbocycles. The van der Waals surface area contributed by atoms with Crippen LogP contribution >= 0.6 is 0 Å². The van der Waals surface area contributed by atoms with E-state index in [9.17, 15) is 18.0 Å². The van der Waals surface area contributed by atoms with Crippen LogP contribution in [0.25, 0.3) is 11.0 Å². The van der Waals surface area contributed by atoms with Gasteiger partial charge in [-0.05, 0) is 36.8 Å². The van der Waals surface area contributed by atoms with E-state index in [2.05, 4.69) is 5.32 Å². The normalized spacial score (nSPS) is 29.6. The van der Waals surface area contributed by atoms with E-state index in [4.69, 9.17) is 5.73 Å². The number of hydrogen-bond donors (Lipinski definition) is 2. The first-order valence-corrected chi connectivity index (χ1v) is 11.0. The summed E-state index contributed by atoms with van der Waals surface area (Å²) in [6.45, 7) is -0.0884. The lowest BCUT2D eigenvalue weighted by molar-refractivity contribution is -0.123. The molecule has 2 atom stereocenters. The highest BCUT2D eigenvalue weighted by molar-refractivity contribution is 7.91. The van der Waals surface area contributed by atoms with E-state index < -0.39 is 9.84 Å². The topological polar surface area (TPSA) is 116 Å². The number of aromatic nitrogens is 2. The summed E-state index contributed by atoms with van der Waals surface area (Å²) in [6, 6.07) is 7.09. The molecule has 2 fully saturated rings. The van der Waals surface area contributed by atoms with Crippen molar-refractivity contribution in [3.05, 3.63) is 34.7 Å². The van der Waals surface area contributed by atoms with Crippen LogP contribution in [0.5, 0.6) is 0 Å². The third-order valence-corrected chi connectivity index (χ3v) is 7.72. The molecule has 2 aliphatic rings. The molecular formula is C18H24N4O4S. The maximum Gasteiger partial charge on any atom is 0.329 e. The van der Waals surface area contributed by atoms with E-state index in [1.54, 1.807) is 7.05 Å². The lowest BCUT2D eigenvalue weighted by Crippen LogP contribution is -2.59. The number of para-hydroxylation sites is 2. The van der Waals surface area contributed by atoms with Gasteiger partial charge in [0.05, 0.1) is 22.5 Å². The van der Waals surface area contributed by atoms with Crippen molar-refractivity contribution in [2.75, 3.05) is 11.5 Å². The van der Waals surface area contributed by atoms with E-state index >= 15 is 0 Å². The predicted molar refractivity (Wildman–Crippen MR) is 102 cm³/mol. The van der Waals surface area contributed by atoms with Crippen LogP contribution in [0.4, 0.5) is 0 Å². The largest absolute Gasteiger partial charge is 0.351 e. The van der Waals surface area contributed by atoms with Crippen LogP contribution < -0.4 is 16.7 Å². The van der Waals surface area contributed by atoms with Gasteiger partial charge in [-0.25, -0.2) is 13.2 Å². The Balaban J connectivity index is 1.56. The Morgan fingerprint density at radius 1 is 1.19 bits per heavy atom. The number of carbonyl (C=O) groups excluding carboxylic acids is 1. The molecule has 27 heavy (non-hydrogen) atoms. The summed E-state index contributed by atoms with van der Waals surface area (Å²) in [5.74, 6) is -0.466. The Morgan fingerprint density at radius 3 is 2.41 bits per heavy atom. The van der Waals surface area contributed by atoms with Gasteiger partial charge in [0.1, 0.15) is 6.54 Å². The molecular weight excluding hydrogens is 368 g/mol. The fourth-order valence-corrected chi connectivity index (χ4v) is 6.87. The third kappa shape index (κ3) is 3.29. The number of sulfone groups is 1. The predicted octanol–water partition coefficient (Wildman–Crippen LogP) is -0.393. The second-order valence-corrected chi connectivity index (χ2v) is 9.99. The van der Waals surface area contributed by atoms with E-state index in [0.717, 1.165) is 5.52 Å². The highest BCUT2D eigenvalue weighted by Gasteiger charge is 2.45. The average Bonchev–Trinajstić information content (AvgIpc) is 2.81. The van der Waals surface area contributed by atoms with Gasteiger partial charge in [-0.15, -0.1) is 0 Å². The molecule has 2 heterocycles. The average molecular weight is 392 g/mol. The van der Waals surface area contributed by atoms with Crippen molar-refractivity contribution in [3.8, 4) is 0 Å². The van der Waals surface area contributed by atoms with Crippen molar-refractivity contribution in [3.63, 3.8) is 0 Å². The highest BCUT2D eigenvalue weighted by Crippen LogP contribution is 2.35. The van der Waals surface area contributed by atoms with Gasteiger partial charge in [-0.1, -0.05) is 12.1 Å². The van der Waals surface area contributed by atoms with Crippen LogP contribution in [0, 0.1) is 11.8 Å². The van der Waals surface area contributed by atoms with Crippen molar-refractivity contribution < 1.29 is 13.2 Å². The zero-order chi connectivity index (χ0) is 19.3. The van der Waals surface area contributed by atoms with Gasteiger partial charge in [-0.3, -0.25) is 13.9 Å². The Morgan fingerprint density at radius 2 is 1.78 bits per heavy atom. The summed E-state index contributed by atoms with van der Waals surface area (Å²) >= 11 is 0. The molecule has 2 bridgehead atoms. The van der Waals surface area contributed by atoms with E-state index in [-0.39, 0.29) is 53.6 Å². The molecule has 4 rings (SSSR count). The molecule has 2 unspecified atom stereocenters. The Labute approximate surface area is 157 Å². The standard InChI is InChI=1S/C18H24N4O4S/c1-21-14-4-2-3-5-15(14)22(18(21)24)8-16(23)20-17-11-6-13(19)7-12(17)10-27(25,26)9-11/h2-5,11-13,17H,6-10,19H2,1H3,(H,20,23). The molecule has 0 spiro atoms. The maximum atomic E-state index is 12.7. The van der Waals surface area contributed by atoms with Gasteiger partial charge in [0, 0.05) is 19.1 Å². The SMILES string of the molecule is Cn1c(=O)n(CC(=O)NC2C3CC(N)CC2CS(=O)(=O)C3)c2ccccc21. The van der Waals surface area contributed by atoms with Gasteiger partial charge in [0.15, 0.2) is 9.84 Å². The molecule has 1 amide bonds. The van der Waals surface area contributed by atoms with Crippen LogP contribution in [0.3, 0.4) is 0 Å². The molecule has 1 aromatic heterocycles. The molecule has 1 saturated heterocycles. The number of nitrogens with zero attached hydrogens (tertiary/aromatic N) is 2. The summed E-state index contributed by atoms with van der Waals surface area (Å²) in [4.78, 5) is 25.2. The molecule has 9 heteroatoms. The molecule has 1 aromatic carbocycles. The quantitative estimate of drug-likeness (QED) is 0.738. The minimum atomic E-state index is -3.09. The molecule has 0 radical (unpaired) electrons.